The van der Waals surface area contributed by atoms with Crippen molar-refractivity contribution in [2.24, 2.45) is 11.7 Å². The molecule has 0 bridgehead atoms. The number of para-hydroxylation sites is 1. The van der Waals surface area contributed by atoms with E-state index in [9.17, 15) is 4.79 Å². The Bertz CT molecular complexity index is 484. The zero-order valence-electron chi connectivity index (χ0n) is 10.7. The van der Waals surface area contributed by atoms with Crippen molar-refractivity contribution in [1.82, 2.24) is 5.32 Å². The van der Waals surface area contributed by atoms with E-state index in [1.807, 2.05) is 12.1 Å². The SMILES string of the molecule is NC1CC(CNC(=O)c2cccc3c2OCCO3)C1. The normalized spacial score (nSPS) is 24.5. The fraction of sp³-hybridized carbons (Fsp3) is 0.500. The Morgan fingerprint density at radius 2 is 2.11 bits per heavy atom. The summed E-state index contributed by atoms with van der Waals surface area (Å²) in [6.07, 6.45) is 1.99. The summed E-state index contributed by atoms with van der Waals surface area (Å²) in [5, 5.41) is 2.94. The van der Waals surface area contributed by atoms with Gasteiger partial charge in [-0.1, -0.05) is 6.07 Å². The second-order valence-electron chi connectivity index (χ2n) is 5.14. The second-order valence-corrected chi connectivity index (χ2v) is 5.14. The first-order valence-electron chi connectivity index (χ1n) is 6.66. The Labute approximate surface area is 112 Å². The van der Waals surface area contributed by atoms with E-state index < -0.39 is 0 Å². The van der Waals surface area contributed by atoms with E-state index in [2.05, 4.69) is 5.32 Å². The third-order valence-corrected chi connectivity index (χ3v) is 3.63. The summed E-state index contributed by atoms with van der Waals surface area (Å²) in [6, 6.07) is 5.69. The second kappa shape index (κ2) is 5.09. The molecule has 1 saturated carbocycles. The highest BCUT2D eigenvalue weighted by Gasteiger charge is 2.27. The number of carbonyl (C=O) groups excluding carboxylic acids is 1. The standard InChI is InChI=1S/C14H18N2O3/c15-10-6-9(7-10)8-16-14(17)11-2-1-3-12-13(11)19-5-4-18-12/h1-3,9-10H,4-8,15H2,(H,16,17). The molecule has 1 aromatic carbocycles. The van der Waals surface area contributed by atoms with Crippen molar-refractivity contribution < 1.29 is 14.3 Å². The Morgan fingerprint density at radius 1 is 1.32 bits per heavy atom. The Balaban J connectivity index is 1.66. The van der Waals surface area contributed by atoms with Crippen molar-refractivity contribution in [3.05, 3.63) is 23.8 Å². The molecule has 1 aromatic rings. The summed E-state index contributed by atoms with van der Waals surface area (Å²) in [7, 11) is 0. The first-order chi connectivity index (χ1) is 9.24. The predicted molar refractivity (Wildman–Crippen MR) is 70.5 cm³/mol. The van der Waals surface area contributed by atoms with Crippen LogP contribution in [0.1, 0.15) is 23.2 Å². The van der Waals surface area contributed by atoms with Gasteiger partial charge in [-0.25, -0.2) is 0 Å². The van der Waals surface area contributed by atoms with Crippen molar-refractivity contribution in [3.8, 4) is 11.5 Å². The van der Waals surface area contributed by atoms with Crippen LogP contribution in [0.15, 0.2) is 18.2 Å². The number of benzene rings is 1. The van der Waals surface area contributed by atoms with Crippen LogP contribution in [0.25, 0.3) is 0 Å². The van der Waals surface area contributed by atoms with E-state index >= 15 is 0 Å². The number of fused-ring (bicyclic) bond motifs is 1. The lowest BCUT2D eigenvalue weighted by atomic mass is 9.81. The van der Waals surface area contributed by atoms with Crippen molar-refractivity contribution in [2.45, 2.75) is 18.9 Å². The predicted octanol–water partition coefficient (Wildman–Crippen LogP) is 0.925. The van der Waals surface area contributed by atoms with Crippen molar-refractivity contribution in [1.29, 1.82) is 0 Å². The monoisotopic (exact) mass is 262 g/mol. The Kier molecular flexibility index (Phi) is 3.29. The molecular formula is C14H18N2O3. The van der Waals surface area contributed by atoms with Gasteiger partial charge in [0.25, 0.3) is 5.91 Å². The molecule has 0 unspecified atom stereocenters. The minimum absolute atomic E-state index is 0.108. The third kappa shape index (κ3) is 2.51. The molecule has 2 aliphatic rings. The first kappa shape index (κ1) is 12.3. The highest BCUT2D eigenvalue weighted by Crippen LogP contribution is 2.33. The molecule has 0 radical (unpaired) electrons. The van der Waals surface area contributed by atoms with Gasteiger partial charge in [0.15, 0.2) is 11.5 Å². The average molecular weight is 262 g/mol. The lowest BCUT2D eigenvalue weighted by Crippen LogP contribution is -2.42. The van der Waals surface area contributed by atoms with Crippen LogP contribution < -0.4 is 20.5 Å². The fourth-order valence-electron chi connectivity index (χ4n) is 2.54. The third-order valence-electron chi connectivity index (χ3n) is 3.63. The fourth-order valence-corrected chi connectivity index (χ4v) is 2.54. The molecule has 102 valence electrons. The molecule has 0 spiro atoms. The van der Waals surface area contributed by atoms with Crippen LogP contribution in [0.3, 0.4) is 0 Å². The van der Waals surface area contributed by atoms with Gasteiger partial charge in [-0.15, -0.1) is 0 Å². The smallest absolute Gasteiger partial charge is 0.255 e. The maximum absolute atomic E-state index is 12.2. The van der Waals surface area contributed by atoms with Crippen LogP contribution in [0, 0.1) is 5.92 Å². The van der Waals surface area contributed by atoms with E-state index in [1.165, 1.54) is 0 Å². The number of nitrogens with two attached hydrogens (primary N) is 1. The lowest BCUT2D eigenvalue weighted by molar-refractivity contribution is 0.0924. The molecule has 5 nitrogen and oxygen atoms in total. The molecule has 1 heterocycles. The molecule has 3 N–H and O–H groups in total. The molecule has 5 heteroatoms. The summed E-state index contributed by atoms with van der Waals surface area (Å²) >= 11 is 0. The summed E-state index contributed by atoms with van der Waals surface area (Å²) in [5.41, 5.74) is 6.27. The Hall–Kier alpha value is -1.75. The first-order valence-corrected chi connectivity index (χ1v) is 6.66. The van der Waals surface area contributed by atoms with Gasteiger partial charge < -0.3 is 20.5 Å². The van der Waals surface area contributed by atoms with Crippen LogP contribution in [-0.4, -0.2) is 31.7 Å². The quantitative estimate of drug-likeness (QED) is 0.849. The maximum Gasteiger partial charge on any atom is 0.255 e. The minimum Gasteiger partial charge on any atom is -0.486 e. The van der Waals surface area contributed by atoms with Crippen LogP contribution in [-0.2, 0) is 0 Å². The molecule has 1 aliphatic carbocycles. The van der Waals surface area contributed by atoms with E-state index in [4.69, 9.17) is 15.2 Å². The molecule has 1 fully saturated rings. The topological polar surface area (TPSA) is 73.6 Å². The van der Waals surface area contributed by atoms with Crippen molar-refractivity contribution >= 4 is 5.91 Å². The van der Waals surface area contributed by atoms with Gasteiger partial charge >= 0.3 is 0 Å². The summed E-state index contributed by atoms with van der Waals surface area (Å²) < 4.78 is 11.0. The summed E-state index contributed by atoms with van der Waals surface area (Å²) in [5.74, 6) is 1.60. The zero-order chi connectivity index (χ0) is 13.2. The number of amides is 1. The van der Waals surface area contributed by atoms with Gasteiger partial charge in [0.1, 0.15) is 13.2 Å². The van der Waals surface area contributed by atoms with E-state index in [0.717, 1.165) is 12.8 Å². The molecule has 0 saturated heterocycles. The highest BCUT2D eigenvalue weighted by molar-refractivity contribution is 5.97. The maximum atomic E-state index is 12.2. The van der Waals surface area contributed by atoms with Crippen LogP contribution in [0.5, 0.6) is 11.5 Å². The summed E-state index contributed by atoms with van der Waals surface area (Å²) in [4.78, 5) is 12.2. The van der Waals surface area contributed by atoms with E-state index in [1.54, 1.807) is 6.07 Å². The van der Waals surface area contributed by atoms with Crippen LogP contribution in [0.4, 0.5) is 0 Å². The minimum atomic E-state index is -0.108. The van der Waals surface area contributed by atoms with Crippen LogP contribution in [0.2, 0.25) is 0 Å². The molecule has 0 atom stereocenters. The zero-order valence-corrected chi connectivity index (χ0v) is 10.7. The number of carbonyl (C=O) groups is 1. The summed E-state index contributed by atoms with van der Waals surface area (Å²) in [6.45, 7) is 1.68. The molecule has 3 rings (SSSR count). The number of rotatable bonds is 3. The van der Waals surface area contributed by atoms with Crippen molar-refractivity contribution in [2.75, 3.05) is 19.8 Å². The largest absolute Gasteiger partial charge is 0.486 e. The highest BCUT2D eigenvalue weighted by atomic mass is 16.6. The van der Waals surface area contributed by atoms with Gasteiger partial charge in [0, 0.05) is 12.6 Å². The molecule has 1 amide bonds. The molecule has 19 heavy (non-hydrogen) atoms. The molecule has 1 aliphatic heterocycles. The average Bonchev–Trinajstić information content (AvgIpc) is 2.41. The lowest BCUT2D eigenvalue weighted by Gasteiger charge is -2.32. The van der Waals surface area contributed by atoms with Gasteiger partial charge in [-0.3, -0.25) is 4.79 Å². The number of nitrogens with one attached hydrogen (secondary N) is 1. The molecular weight excluding hydrogens is 244 g/mol. The van der Waals surface area contributed by atoms with E-state index in [-0.39, 0.29) is 5.91 Å². The van der Waals surface area contributed by atoms with Gasteiger partial charge in [-0.2, -0.15) is 0 Å². The van der Waals surface area contributed by atoms with E-state index in [0.29, 0.717) is 48.8 Å². The van der Waals surface area contributed by atoms with Gasteiger partial charge in [0.2, 0.25) is 0 Å². The number of hydrogen-bond donors (Lipinski definition) is 2. The number of hydrogen-bond acceptors (Lipinski definition) is 4. The Morgan fingerprint density at radius 3 is 2.89 bits per heavy atom. The number of ether oxygens (including phenoxy) is 2. The van der Waals surface area contributed by atoms with Gasteiger partial charge in [-0.05, 0) is 30.9 Å². The van der Waals surface area contributed by atoms with Gasteiger partial charge in [0.05, 0.1) is 5.56 Å². The van der Waals surface area contributed by atoms with Crippen molar-refractivity contribution in [3.63, 3.8) is 0 Å². The molecule has 0 aromatic heterocycles. The van der Waals surface area contributed by atoms with Crippen LogP contribution >= 0.6 is 0 Å².